The Morgan fingerprint density at radius 1 is 1.37 bits per heavy atom. The van der Waals surface area contributed by atoms with E-state index < -0.39 is 24.5 Å². The first kappa shape index (κ1) is 15.7. The highest BCUT2D eigenvalue weighted by molar-refractivity contribution is 5.30. The zero-order valence-electron chi connectivity index (χ0n) is 10.4. The molecular formula is C12H16F4N2O. The van der Waals surface area contributed by atoms with Crippen LogP contribution in [0.5, 0.6) is 5.75 Å². The molecule has 3 nitrogen and oxygen atoms in total. The molecule has 1 unspecified atom stereocenters. The molecule has 0 spiro atoms. The first-order chi connectivity index (χ1) is 8.87. The van der Waals surface area contributed by atoms with Crippen LogP contribution in [0.1, 0.15) is 30.9 Å². The second kappa shape index (κ2) is 6.72. The summed E-state index contributed by atoms with van der Waals surface area (Å²) >= 11 is 0. The minimum Gasteiger partial charge on any atom is -0.497 e. The van der Waals surface area contributed by atoms with Crippen LogP contribution in [0.2, 0.25) is 0 Å². The lowest BCUT2D eigenvalue weighted by molar-refractivity contribution is -0.135. The third-order valence-electron chi connectivity index (χ3n) is 2.74. The number of rotatable bonds is 6. The van der Waals surface area contributed by atoms with Gasteiger partial charge in [-0.1, -0.05) is 6.07 Å². The van der Waals surface area contributed by atoms with Gasteiger partial charge in [-0.05, 0) is 18.9 Å². The van der Waals surface area contributed by atoms with E-state index in [0.717, 1.165) is 0 Å². The lowest BCUT2D eigenvalue weighted by atomic mass is 10.0. The topological polar surface area (TPSA) is 47.3 Å². The van der Waals surface area contributed by atoms with Crippen molar-refractivity contribution in [2.75, 3.05) is 7.11 Å². The van der Waals surface area contributed by atoms with Crippen LogP contribution in [0.4, 0.5) is 17.6 Å². The molecule has 108 valence electrons. The van der Waals surface area contributed by atoms with Crippen molar-refractivity contribution in [2.45, 2.75) is 31.5 Å². The molecule has 0 saturated carbocycles. The van der Waals surface area contributed by atoms with E-state index in [0.29, 0.717) is 5.75 Å². The van der Waals surface area contributed by atoms with Crippen molar-refractivity contribution in [1.29, 1.82) is 0 Å². The number of halogens is 4. The first-order valence-electron chi connectivity index (χ1n) is 5.73. The molecule has 0 aliphatic heterocycles. The van der Waals surface area contributed by atoms with Crippen LogP contribution in [0.25, 0.3) is 0 Å². The number of benzene rings is 1. The lowest BCUT2D eigenvalue weighted by Crippen LogP contribution is -2.29. The second-order valence-corrected chi connectivity index (χ2v) is 4.11. The third-order valence-corrected chi connectivity index (χ3v) is 2.74. The van der Waals surface area contributed by atoms with E-state index in [9.17, 15) is 17.6 Å². The second-order valence-electron chi connectivity index (χ2n) is 4.11. The summed E-state index contributed by atoms with van der Waals surface area (Å²) in [5, 5.41) is 0. The Morgan fingerprint density at radius 3 is 2.53 bits per heavy atom. The maximum Gasteiger partial charge on any atom is 0.389 e. The molecular weight excluding hydrogens is 264 g/mol. The van der Waals surface area contributed by atoms with E-state index in [1.165, 1.54) is 25.3 Å². The smallest absolute Gasteiger partial charge is 0.389 e. The first-order valence-corrected chi connectivity index (χ1v) is 5.73. The maximum atomic E-state index is 13.7. The van der Waals surface area contributed by atoms with Crippen LogP contribution in [0, 0.1) is 5.82 Å². The van der Waals surface area contributed by atoms with Crippen molar-refractivity contribution in [1.82, 2.24) is 5.43 Å². The molecule has 0 bridgehead atoms. The molecule has 0 saturated heterocycles. The molecule has 7 heteroatoms. The fraction of sp³-hybridized carbons (Fsp3) is 0.500. The van der Waals surface area contributed by atoms with Gasteiger partial charge in [-0.2, -0.15) is 13.2 Å². The molecule has 1 atom stereocenters. The summed E-state index contributed by atoms with van der Waals surface area (Å²) in [6.45, 7) is 0. The summed E-state index contributed by atoms with van der Waals surface area (Å²) < 4.78 is 54.7. The van der Waals surface area contributed by atoms with E-state index in [1.807, 2.05) is 0 Å². The third kappa shape index (κ3) is 5.04. The summed E-state index contributed by atoms with van der Waals surface area (Å²) in [5.74, 6) is 5.04. The summed E-state index contributed by atoms with van der Waals surface area (Å²) in [5.41, 5.74) is 2.56. The summed E-state index contributed by atoms with van der Waals surface area (Å²) in [6.07, 6.45) is -5.15. The molecule has 1 aromatic rings. The van der Waals surface area contributed by atoms with Crippen LogP contribution in [-0.4, -0.2) is 13.3 Å². The fourth-order valence-corrected chi connectivity index (χ4v) is 1.75. The summed E-state index contributed by atoms with van der Waals surface area (Å²) in [4.78, 5) is 0. The SMILES string of the molecule is COc1ccc(C(CCCC(F)(F)F)NN)c(F)c1. The number of ether oxygens (including phenoxy) is 1. The highest BCUT2D eigenvalue weighted by Gasteiger charge is 2.27. The van der Waals surface area contributed by atoms with Gasteiger partial charge in [0.1, 0.15) is 11.6 Å². The molecule has 0 radical (unpaired) electrons. The zero-order valence-corrected chi connectivity index (χ0v) is 10.4. The molecule has 0 aromatic heterocycles. The van der Waals surface area contributed by atoms with Crippen molar-refractivity contribution in [3.05, 3.63) is 29.6 Å². The van der Waals surface area contributed by atoms with Gasteiger partial charge >= 0.3 is 6.18 Å². The average molecular weight is 280 g/mol. The zero-order chi connectivity index (χ0) is 14.5. The van der Waals surface area contributed by atoms with Crippen molar-refractivity contribution < 1.29 is 22.3 Å². The Balaban J connectivity index is 2.69. The van der Waals surface area contributed by atoms with Crippen molar-refractivity contribution in [3.8, 4) is 5.75 Å². The molecule has 0 heterocycles. The van der Waals surface area contributed by atoms with Gasteiger partial charge in [-0.15, -0.1) is 0 Å². The molecule has 0 amide bonds. The standard InChI is InChI=1S/C12H16F4N2O/c1-19-8-4-5-9(10(13)7-8)11(18-17)3-2-6-12(14,15)16/h4-5,7,11,18H,2-3,6,17H2,1H3. The van der Waals surface area contributed by atoms with E-state index >= 15 is 0 Å². The normalized spacial score (nSPS) is 13.4. The number of nitrogens with two attached hydrogens (primary N) is 1. The molecule has 0 aliphatic carbocycles. The molecule has 1 rings (SSSR count). The van der Waals surface area contributed by atoms with E-state index in [2.05, 4.69) is 5.43 Å². The van der Waals surface area contributed by atoms with Crippen molar-refractivity contribution in [2.24, 2.45) is 5.84 Å². The summed E-state index contributed by atoms with van der Waals surface area (Å²) in [7, 11) is 1.40. The highest BCUT2D eigenvalue weighted by Crippen LogP contribution is 2.28. The molecule has 1 aromatic carbocycles. The minimum absolute atomic E-state index is 0.0965. The minimum atomic E-state index is -4.21. The number of hydrogen-bond acceptors (Lipinski definition) is 3. The Hall–Kier alpha value is -1.34. The van der Waals surface area contributed by atoms with Gasteiger partial charge in [0.15, 0.2) is 0 Å². The van der Waals surface area contributed by atoms with E-state index in [4.69, 9.17) is 10.6 Å². The Labute approximate surface area is 108 Å². The number of hydrogen-bond donors (Lipinski definition) is 2. The van der Waals surface area contributed by atoms with Gasteiger partial charge in [0, 0.05) is 24.1 Å². The molecule has 3 N–H and O–H groups in total. The Bertz CT molecular complexity index is 409. The van der Waals surface area contributed by atoms with Gasteiger partial charge in [0.25, 0.3) is 0 Å². The average Bonchev–Trinajstić information content (AvgIpc) is 2.34. The fourth-order valence-electron chi connectivity index (χ4n) is 1.75. The van der Waals surface area contributed by atoms with Gasteiger partial charge in [-0.25, -0.2) is 4.39 Å². The summed E-state index contributed by atoms with van der Waals surface area (Å²) in [6, 6.07) is 3.50. The van der Waals surface area contributed by atoms with Crippen LogP contribution < -0.4 is 16.0 Å². The number of methoxy groups -OCH3 is 1. The maximum absolute atomic E-state index is 13.7. The Morgan fingerprint density at radius 2 is 2.05 bits per heavy atom. The van der Waals surface area contributed by atoms with Gasteiger partial charge in [-0.3, -0.25) is 11.3 Å². The molecule has 0 aliphatic rings. The largest absolute Gasteiger partial charge is 0.497 e. The van der Waals surface area contributed by atoms with E-state index in [-0.39, 0.29) is 18.4 Å². The van der Waals surface area contributed by atoms with Gasteiger partial charge in [0.2, 0.25) is 0 Å². The van der Waals surface area contributed by atoms with Gasteiger partial charge in [0.05, 0.1) is 7.11 Å². The van der Waals surface area contributed by atoms with Crippen molar-refractivity contribution >= 4 is 0 Å². The van der Waals surface area contributed by atoms with Crippen LogP contribution in [0.3, 0.4) is 0 Å². The van der Waals surface area contributed by atoms with Crippen LogP contribution in [0.15, 0.2) is 18.2 Å². The molecule has 0 fully saturated rings. The number of hydrazine groups is 1. The van der Waals surface area contributed by atoms with Crippen LogP contribution in [-0.2, 0) is 0 Å². The predicted molar refractivity (Wildman–Crippen MR) is 62.9 cm³/mol. The van der Waals surface area contributed by atoms with Gasteiger partial charge < -0.3 is 4.74 Å². The monoisotopic (exact) mass is 280 g/mol. The molecule has 19 heavy (non-hydrogen) atoms. The van der Waals surface area contributed by atoms with E-state index in [1.54, 1.807) is 0 Å². The predicted octanol–water partition coefficient (Wildman–Crippen LogP) is 3.07. The Kier molecular flexibility index (Phi) is 5.56. The quantitative estimate of drug-likeness (QED) is 0.478. The highest BCUT2D eigenvalue weighted by atomic mass is 19.4. The lowest BCUT2D eigenvalue weighted by Gasteiger charge is -2.18. The van der Waals surface area contributed by atoms with Crippen molar-refractivity contribution in [3.63, 3.8) is 0 Å². The number of nitrogens with one attached hydrogen (secondary N) is 1. The number of alkyl halides is 3. The van der Waals surface area contributed by atoms with Crippen LogP contribution >= 0.6 is 0 Å².